The van der Waals surface area contributed by atoms with Gasteiger partial charge in [-0.1, -0.05) is 35.9 Å². The largest absolute Gasteiger partial charge is 0.328 e. The molecule has 1 N–H and O–H groups in total. The molecule has 24 heavy (non-hydrogen) atoms. The van der Waals surface area contributed by atoms with Gasteiger partial charge in [0.2, 0.25) is 0 Å². The van der Waals surface area contributed by atoms with Gasteiger partial charge >= 0.3 is 0 Å². The molecule has 2 aromatic carbocycles. The third-order valence-corrected chi connectivity index (χ3v) is 4.19. The molecule has 0 unspecified atom stereocenters. The van der Waals surface area contributed by atoms with Gasteiger partial charge in [-0.2, -0.15) is 0 Å². The maximum Gasteiger partial charge on any atom is 0.276 e. The van der Waals surface area contributed by atoms with Gasteiger partial charge in [-0.3, -0.25) is 9.69 Å². The van der Waals surface area contributed by atoms with Gasteiger partial charge < -0.3 is 5.32 Å². The number of amides is 1. The van der Waals surface area contributed by atoms with Crippen molar-refractivity contribution in [2.24, 2.45) is 0 Å². The van der Waals surface area contributed by atoms with Crippen molar-refractivity contribution >= 4 is 40.9 Å². The summed E-state index contributed by atoms with van der Waals surface area (Å²) in [6.07, 6.45) is 1.42. The number of hydrogen-bond donors (Lipinski definition) is 1. The summed E-state index contributed by atoms with van der Waals surface area (Å²) < 4.78 is 26.2. The molecule has 0 aromatic heterocycles. The number of hydrogen-bond acceptors (Lipinski definition) is 2. The highest BCUT2D eigenvalue weighted by Gasteiger charge is 2.31. The lowest BCUT2D eigenvalue weighted by Gasteiger charge is -2.14. The second kappa shape index (κ2) is 6.67. The third-order valence-electron chi connectivity index (χ3n) is 3.50. The van der Waals surface area contributed by atoms with Crippen LogP contribution in [0.15, 0.2) is 48.2 Å². The highest BCUT2D eigenvalue weighted by atomic mass is 35.5. The van der Waals surface area contributed by atoms with Gasteiger partial charge in [-0.15, -0.1) is 0 Å². The minimum Gasteiger partial charge on any atom is -0.328 e. The van der Waals surface area contributed by atoms with Crippen LogP contribution < -0.4 is 5.32 Å². The molecule has 0 atom stereocenters. The van der Waals surface area contributed by atoms with Gasteiger partial charge in [0.1, 0.15) is 5.70 Å². The van der Waals surface area contributed by atoms with Crippen molar-refractivity contribution in [3.8, 4) is 0 Å². The summed E-state index contributed by atoms with van der Waals surface area (Å²) in [5.41, 5.74) is 1.30. The lowest BCUT2D eigenvalue weighted by molar-refractivity contribution is -0.122. The van der Waals surface area contributed by atoms with E-state index < -0.39 is 11.6 Å². The highest BCUT2D eigenvalue weighted by Crippen LogP contribution is 2.21. The number of carbonyl (C=O) groups excluding carboxylic acids is 1. The van der Waals surface area contributed by atoms with Gasteiger partial charge in [-0.25, -0.2) is 8.78 Å². The molecule has 1 fully saturated rings. The number of carbonyl (C=O) groups is 1. The summed E-state index contributed by atoms with van der Waals surface area (Å²) in [6.45, 7) is 0.222. The standard InChI is InChI=1S/C17H11ClF2N2OS/c18-12-4-2-1-3-11(12)9-22-16(23)15(21-17(22)24)8-10-5-6-13(19)14(20)7-10/h1-8H,9H2,(H,21,24)/b15-8+. The Balaban J connectivity index is 1.84. The molecule has 0 bridgehead atoms. The van der Waals surface area contributed by atoms with E-state index in [0.29, 0.717) is 10.6 Å². The molecule has 0 spiro atoms. The van der Waals surface area contributed by atoms with Crippen LogP contribution >= 0.6 is 23.8 Å². The molecule has 3 rings (SSSR count). The number of rotatable bonds is 3. The summed E-state index contributed by atoms with van der Waals surface area (Å²) in [4.78, 5) is 13.8. The summed E-state index contributed by atoms with van der Waals surface area (Å²) in [5.74, 6) is -2.28. The lowest BCUT2D eigenvalue weighted by Crippen LogP contribution is -2.30. The van der Waals surface area contributed by atoms with E-state index in [1.807, 2.05) is 6.07 Å². The van der Waals surface area contributed by atoms with E-state index in [9.17, 15) is 13.6 Å². The average molecular weight is 365 g/mol. The molecule has 0 radical (unpaired) electrons. The smallest absolute Gasteiger partial charge is 0.276 e. The first kappa shape index (κ1) is 16.5. The fraction of sp³-hybridized carbons (Fsp3) is 0.0588. The van der Waals surface area contributed by atoms with E-state index in [1.54, 1.807) is 18.2 Å². The number of benzene rings is 2. The van der Waals surface area contributed by atoms with Crippen molar-refractivity contribution < 1.29 is 13.6 Å². The number of nitrogens with one attached hydrogen (secondary N) is 1. The molecule has 3 nitrogen and oxygen atoms in total. The summed E-state index contributed by atoms with van der Waals surface area (Å²) in [6, 6.07) is 10.5. The first-order chi connectivity index (χ1) is 11.5. The molecular formula is C17H11ClF2N2OS. The van der Waals surface area contributed by atoms with Crippen LogP contribution in [-0.4, -0.2) is 15.9 Å². The Bertz CT molecular complexity index is 869. The SMILES string of the molecule is O=C1/C(=C\c2ccc(F)c(F)c2)NC(=S)N1Cc1ccccc1Cl. The zero-order chi connectivity index (χ0) is 17.3. The summed E-state index contributed by atoms with van der Waals surface area (Å²) in [7, 11) is 0. The summed E-state index contributed by atoms with van der Waals surface area (Å²) >= 11 is 11.3. The maximum atomic E-state index is 13.3. The number of nitrogens with zero attached hydrogens (tertiary/aromatic N) is 1. The zero-order valence-electron chi connectivity index (χ0n) is 12.2. The molecule has 122 valence electrons. The quantitative estimate of drug-likeness (QED) is 0.662. The predicted octanol–water partition coefficient (Wildman–Crippen LogP) is 3.88. The van der Waals surface area contributed by atoms with E-state index in [-0.39, 0.29) is 23.3 Å². The van der Waals surface area contributed by atoms with Crippen molar-refractivity contribution in [1.82, 2.24) is 10.2 Å². The molecule has 0 saturated carbocycles. The normalized spacial score (nSPS) is 16.0. The van der Waals surface area contributed by atoms with Gasteiger partial charge in [-0.05, 0) is 47.6 Å². The minimum absolute atomic E-state index is 0.193. The van der Waals surface area contributed by atoms with Crippen LogP contribution in [0, 0.1) is 11.6 Å². The Morgan fingerprint density at radius 1 is 1.17 bits per heavy atom. The van der Waals surface area contributed by atoms with E-state index in [0.717, 1.165) is 17.7 Å². The van der Waals surface area contributed by atoms with Gasteiger partial charge in [0.05, 0.1) is 6.54 Å². The molecule has 1 aliphatic heterocycles. The van der Waals surface area contributed by atoms with Gasteiger partial charge in [0.25, 0.3) is 5.91 Å². The van der Waals surface area contributed by atoms with E-state index in [4.69, 9.17) is 23.8 Å². The molecular weight excluding hydrogens is 354 g/mol. The highest BCUT2D eigenvalue weighted by molar-refractivity contribution is 7.80. The second-order valence-corrected chi connectivity index (χ2v) is 5.94. The Morgan fingerprint density at radius 2 is 1.92 bits per heavy atom. The fourth-order valence-corrected chi connectivity index (χ4v) is 2.73. The number of halogens is 3. The van der Waals surface area contributed by atoms with Crippen LogP contribution in [0.4, 0.5) is 8.78 Å². The molecule has 0 aliphatic carbocycles. The van der Waals surface area contributed by atoms with Crippen LogP contribution in [0.1, 0.15) is 11.1 Å². The summed E-state index contributed by atoms with van der Waals surface area (Å²) in [5, 5.41) is 3.55. The van der Waals surface area contributed by atoms with Crippen LogP contribution in [0.25, 0.3) is 6.08 Å². The van der Waals surface area contributed by atoms with E-state index in [2.05, 4.69) is 5.32 Å². The topological polar surface area (TPSA) is 32.3 Å². The van der Waals surface area contributed by atoms with Gasteiger partial charge in [0, 0.05) is 5.02 Å². The molecule has 1 aliphatic rings. The van der Waals surface area contributed by atoms with Gasteiger partial charge in [0.15, 0.2) is 16.7 Å². The molecule has 7 heteroatoms. The first-order valence-corrected chi connectivity index (χ1v) is 7.77. The Morgan fingerprint density at radius 3 is 2.62 bits per heavy atom. The second-order valence-electron chi connectivity index (χ2n) is 5.14. The first-order valence-electron chi connectivity index (χ1n) is 6.98. The van der Waals surface area contributed by atoms with E-state index >= 15 is 0 Å². The van der Waals surface area contributed by atoms with Crippen LogP contribution in [0.5, 0.6) is 0 Å². The predicted molar refractivity (Wildman–Crippen MR) is 92.1 cm³/mol. The third kappa shape index (κ3) is 3.29. The monoisotopic (exact) mass is 364 g/mol. The maximum absolute atomic E-state index is 13.3. The van der Waals surface area contributed by atoms with Crippen LogP contribution in [-0.2, 0) is 11.3 Å². The number of thiocarbonyl (C=S) groups is 1. The fourth-order valence-electron chi connectivity index (χ4n) is 2.28. The Hall–Kier alpha value is -2.31. The molecule has 1 heterocycles. The minimum atomic E-state index is -0.981. The van der Waals surface area contributed by atoms with Crippen molar-refractivity contribution in [3.63, 3.8) is 0 Å². The van der Waals surface area contributed by atoms with Crippen molar-refractivity contribution in [3.05, 3.63) is 75.9 Å². The molecule has 2 aromatic rings. The molecule has 1 saturated heterocycles. The Labute approximate surface area is 147 Å². The molecule has 1 amide bonds. The van der Waals surface area contributed by atoms with Crippen LogP contribution in [0.2, 0.25) is 5.02 Å². The van der Waals surface area contributed by atoms with Crippen LogP contribution in [0.3, 0.4) is 0 Å². The van der Waals surface area contributed by atoms with E-state index in [1.165, 1.54) is 17.0 Å². The van der Waals surface area contributed by atoms with Crippen molar-refractivity contribution in [2.75, 3.05) is 0 Å². The lowest BCUT2D eigenvalue weighted by atomic mass is 10.1. The average Bonchev–Trinajstić information content (AvgIpc) is 2.80. The zero-order valence-corrected chi connectivity index (χ0v) is 13.8. The van der Waals surface area contributed by atoms with Crippen molar-refractivity contribution in [2.45, 2.75) is 6.54 Å². The van der Waals surface area contributed by atoms with Crippen molar-refractivity contribution in [1.29, 1.82) is 0 Å². The Kier molecular flexibility index (Phi) is 4.59.